The molecule has 0 aromatic carbocycles. The number of hydrogen-bond donors (Lipinski definition) is 0. The van der Waals surface area contributed by atoms with Gasteiger partial charge >= 0.3 is 0 Å². The van der Waals surface area contributed by atoms with Gasteiger partial charge in [0.1, 0.15) is 11.6 Å². The monoisotopic (exact) mass is 259 g/mol. The SMILES string of the molecule is COc1ccc2cnc(CCN3CCCCC3)n2c1. The first-order valence-corrected chi connectivity index (χ1v) is 7.09. The average molecular weight is 259 g/mol. The summed E-state index contributed by atoms with van der Waals surface area (Å²) < 4.78 is 7.42. The van der Waals surface area contributed by atoms with Crippen LogP contribution in [0, 0.1) is 0 Å². The van der Waals surface area contributed by atoms with Crippen molar-refractivity contribution in [1.29, 1.82) is 0 Å². The van der Waals surface area contributed by atoms with Crippen molar-refractivity contribution in [3.63, 3.8) is 0 Å². The second-order valence-electron chi connectivity index (χ2n) is 5.19. The van der Waals surface area contributed by atoms with Gasteiger partial charge in [-0.1, -0.05) is 6.42 Å². The Kier molecular flexibility index (Phi) is 3.69. The van der Waals surface area contributed by atoms with E-state index in [1.165, 1.54) is 32.4 Å². The molecule has 0 bridgehead atoms. The van der Waals surface area contributed by atoms with Crippen LogP contribution in [-0.2, 0) is 6.42 Å². The molecule has 2 aromatic heterocycles. The van der Waals surface area contributed by atoms with Crippen LogP contribution < -0.4 is 4.74 Å². The molecular weight excluding hydrogens is 238 g/mol. The van der Waals surface area contributed by atoms with Gasteiger partial charge in [-0.25, -0.2) is 4.98 Å². The molecule has 0 aliphatic carbocycles. The van der Waals surface area contributed by atoms with E-state index < -0.39 is 0 Å². The second kappa shape index (κ2) is 5.61. The number of ether oxygens (including phenoxy) is 1. The van der Waals surface area contributed by atoms with Gasteiger partial charge in [0.25, 0.3) is 0 Å². The summed E-state index contributed by atoms with van der Waals surface area (Å²) in [5.74, 6) is 2.00. The molecule has 0 amide bonds. The Balaban J connectivity index is 1.72. The normalized spacial score (nSPS) is 16.9. The van der Waals surface area contributed by atoms with Crippen molar-refractivity contribution in [1.82, 2.24) is 14.3 Å². The molecule has 4 heteroatoms. The molecule has 0 radical (unpaired) electrons. The lowest BCUT2D eigenvalue weighted by molar-refractivity contribution is 0.230. The van der Waals surface area contributed by atoms with Crippen molar-refractivity contribution in [2.45, 2.75) is 25.7 Å². The molecule has 3 rings (SSSR count). The lowest BCUT2D eigenvalue weighted by atomic mass is 10.1. The fourth-order valence-electron chi connectivity index (χ4n) is 2.77. The zero-order chi connectivity index (χ0) is 13.1. The van der Waals surface area contributed by atoms with Crippen molar-refractivity contribution in [2.75, 3.05) is 26.7 Å². The van der Waals surface area contributed by atoms with Crippen LogP contribution >= 0.6 is 0 Å². The fraction of sp³-hybridized carbons (Fsp3) is 0.533. The molecule has 0 N–H and O–H groups in total. The van der Waals surface area contributed by atoms with Crippen molar-refractivity contribution in [2.24, 2.45) is 0 Å². The third-order valence-electron chi connectivity index (χ3n) is 3.91. The highest BCUT2D eigenvalue weighted by Crippen LogP contribution is 2.16. The number of piperidine rings is 1. The number of likely N-dealkylation sites (tertiary alicyclic amines) is 1. The highest BCUT2D eigenvalue weighted by molar-refractivity contribution is 5.48. The Labute approximate surface area is 114 Å². The highest BCUT2D eigenvalue weighted by atomic mass is 16.5. The molecule has 0 spiro atoms. The molecule has 102 valence electrons. The van der Waals surface area contributed by atoms with Gasteiger partial charge in [-0.2, -0.15) is 0 Å². The summed E-state index contributed by atoms with van der Waals surface area (Å²) in [5.41, 5.74) is 1.13. The molecular formula is C15H21N3O. The Hall–Kier alpha value is -1.55. The number of imidazole rings is 1. The predicted octanol–water partition coefficient (Wildman–Crippen LogP) is 2.37. The molecule has 1 aliphatic rings. The minimum Gasteiger partial charge on any atom is -0.495 e. The summed E-state index contributed by atoms with van der Waals surface area (Å²) in [5, 5.41) is 0. The van der Waals surface area contributed by atoms with E-state index in [2.05, 4.69) is 20.4 Å². The first kappa shape index (κ1) is 12.5. The largest absolute Gasteiger partial charge is 0.495 e. The third kappa shape index (κ3) is 2.73. The number of pyridine rings is 1. The standard InChI is InChI=1S/C15H21N3O/c1-19-14-6-5-13-11-16-15(18(13)12-14)7-10-17-8-3-2-4-9-17/h5-6,11-12H,2-4,7-10H2,1H3. The summed E-state index contributed by atoms with van der Waals surface area (Å²) in [4.78, 5) is 7.08. The molecule has 0 atom stereocenters. The molecule has 1 fully saturated rings. The van der Waals surface area contributed by atoms with Crippen LogP contribution in [0.4, 0.5) is 0 Å². The van der Waals surface area contributed by atoms with Gasteiger partial charge in [-0.3, -0.25) is 4.40 Å². The summed E-state index contributed by atoms with van der Waals surface area (Å²) in [6.07, 6.45) is 9.03. The Morgan fingerprint density at radius 3 is 2.84 bits per heavy atom. The maximum absolute atomic E-state index is 5.28. The smallest absolute Gasteiger partial charge is 0.135 e. The molecule has 1 aliphatic heterocycles. The van der Waals surface area contributed by atoms with Crippen LogP contribution in [0.25, 0.3) is 5.52 Å². The molecule has 4 nitrogen and oxygen atoms in total. The first-order valence-electron chi connectivity index (χ1n) is 7.09. The van der Waals surface area contributed by atoms with Gasteiger partial charge in [-0.15, -0.1) is 0 Å². The number of aromatic nitrogens is 2. The van der Waals surface area contributed by atoms with E-state index >= 15 is 0 Å². The van der Waals surface area contributed by atoms with Crippen molar-refractivity contribution < 1.29 is 4.74 Å². The van der Waals surface area contributed by atoms with E-state index in [4.69, 9.17) is 4.74 Å². The zero-order valence-electron chi connectivity index (χ0n) is 11.5. The Morgan fingerprint density at radius 2 is 2.05 bits per heavy atom. The first-order chi connectivity index (χ1) is 9.36. The number of hydrogen-bond acceptors (Lipinski definition) is 3. The number of methoxy groups -OCH3 is 1. The van der Waals surface area contributed by atoms with Crippen molar-refractivity contribution in [3.05, 3.63) is 30.4 Å². The van der Waals surface area contributed by atoms with Crippen LogP contribution in [0.2, 0.25) is 0 Å². The van der Waals surface area contributed by atoms with Gasteiger partial charge in [0.2, 0.25) is 0 Å². The van der Waals surface area contributed by atoms with Crippen molar-refractivity contribution >= 4 is 5.52 Å². The molecule has 19 heavy (non-hydrogen) atoms. The molecule has 1 saturated heterocycles. The van der Waals surface area contributed by atoms with Crippen LogP contribution in [0.3, 0.4) is 0 Å². The van der Waals surface area contributed by atoms with Gasteiger partial charge in [0.15, 0.2) is 0 Å². The maximum atomic E-state index is 5.28. The Morgan fingerprint density at radius 1 is 1.21 bits per heavy atom. The molecule has 3 heterocycles. The van der Waals surface area contributed by atoms with Crippen LogP contribution in [0.1, 0.15) is 25.1 Å². The molecule has 0 saturated carbocycles. The predicted molar refractivity (Wildman–Crippen MR) is 75.7 cm³/mol. The topological polar surface area (TPSA) is 29.8 Å². The summed E-state index contributed by atoms with van der Waals surface area (Å²) in [6, 6.07) is 4.03. The van der Waals surface area contributed by atoms with E-state index in [-0.39, 0.29) is 0 Å². The fourth-order valence-corrected chi connectivity index (χ4v) is 2.77. The van der Waals surface area contributed by atoms with Gasteiger partial charge in [0, 0.05) is 13.0 Å². The van der Waals surface area contributed by atoms with E-state index in [1.54, 1.807) is 7.11 Å². The summed E-state index contributed by atoms with van der Waals surface area (Å²) in [7, 11) is 1.70. The maximum Gasteiger partial charge on any atom is 0.135 e. The minimum absolute atomic E-state index is 0.879. The van der Waals surface area contributed by atoms with Crippen LogP contribution in [-0.4, -0.2) is 41.0 Å². The third-order valence-corrected chi connectivity index (χ3v) is 3.91. The number of rotatable bonds is 4. The Bertz CT molecular complexity index is 543. The quantitative estimate of drug-likeness (QED) is 0.844. The van der Waals surface area contributed by atoms with E-state index in [0.717, 1.165) is 30.1 Å². The summed E-state index contributed by atoms with van der Waals surface area (Å²) >= 11 is 0. The minimum atomic E-state index is 0.879. The van der Waals surface area contributed by atoms with Crippen molar-refractivity contribution in [3.8, 4) is 5.75 Å². The highest BCUT2D eigenvalue weighted by Gasteiger charge is 2.11. The van der Waals surface area contributed by atoms with Gasteiger partial charge < -0.3 is 9.64 Å². The number of fused-ring (bicyclic) bond motifs is 1. The van der Waals surface area contributed by atoms with E-state index in [9.17, 15) is 0 Å². The molecule has 2 aromatic rings. The average Bonchev–Trinajstić information content (AvgIpc) is 2.88. The lowest BCUT2D eigenvalue weighted by Crippen LogP contribution is -2.31. The van der Waals surface area contributed by atoms with E-state index in [0.29, 0.717) is 0 Å². The second-order valence-corrected chi connectivity index (χ2v) is 5.19. The van der Waals surface area contributed by atoms with Crippen LogP contribution in [0.5, 0.6) is 5.75 Å². The number of nitrogens with zero attached hydrogens (tertiary/aromatic N) is 3. The van der Waals surface area contributed by atoms with E-state index in [1.807, 2.05) is 18.5 Å². The lowest BCUT2D eigenvalue weighted by Gasteiger charge is -2.25. The summed E-state index contributed by atoms with van der Waals surface area (Å²) in [6.45, 7) is 3.59. The zero-order valence-corrected chi connectivity index (χ0v) is 11.5. The van der Waals surface area contributed by atoms with Gasteiger partial charge in [-0.05, 0) is 38.1 Å². The molecule has 0 unspecified atom stereocenters. The van der Waals surface area contributed by atoms with Gasteiger partial charge in [0.05, 0.1) is 25.0 Å². The van der Waals surface area contributed by atoms with Crippen LogP contribution in [0.15, 0.2) is 24.5 Å².